The lowest BCUT2D eigenvalue weighted by Gasteiger charge is -2.52. The van der Waals surface area contributed by atoms with E-state index in [9.17, 15) is 14.4 Å². The van der Waals surface area contributed by atoms with Crippen LogP contribution in [-0.4, -0.2) is 42.8 Å². The first kappa shape index (κ1) is 33.4. The van der Waals surface area contributed by atoms with Gasteiger partial charge in [-0.25, -0.2) is 0 Å². The molecule has 1 atom stereocenters. The summed E-state index contributed by atoms with van der Waals surface area (Å²) in [6.07, 6.45) is 6.90. The number of likely N-dealkylation sites (N-methyl/N-ethyl adjacent to an activating group) is 1. The van der Waals surface area contributed by atoms with Crippen LogP contribution >= 0.6 is 0 Å². The van der Waals surface area contributed by atoms with Crippen molar-refractivity contribution in [2.75, 3.05) is 20.1 Å². The molecule has 0 radical (unpaired) electrons. The summed E-state index contributed by atoms with van der Waals surface area (Å²) in [4.78, 5) is 42.8. The number of carbonyl (C=O) groups is 3. The van der Waals surface area contributed by atoms with Crippen LogP contribution in [0, 0.1) is 10.8 Å². The SMILES string of the molecule is CCCCN(C)C(=O)[C@@H](NC(=O)C12CCC(CNC(=O)c3ccccc3-c3ccc(C(C)(C)C)cc3)(CC1)CC2)c1ccccc1. The number of benzene rings is 3. The Kier molecular flexibility index (Phi) is 10.0. The molecule has 2 N–H and O–H groups in total. The topological polar surface area (TPSA) is 78.5 Å². The molecular formula is C40H51N3O3. The van der Waals surface area contributed by atoms with Crippen LogP contribution in [0.25, 0.3) is 11.1 Å². The van der Waals surface area contributed by atoms with E-state index in [0.29, 0.717) is 18.7 Å². The molecule has 3 aromatic rings. The Morgan fingerprint density at radius 1 is 0.826 bits per heavy atom. The molecule has 3 aliphatic carbocycles. The summed E-state index contributed by atoms with van der Waals surface area (Å²) in [5.74, 6) is -0.137. The third kappa shape index (κ3) is 7.22. The fraction of sp³-hybridized carbons (Fsp3) is 0.475. The van der Waals surface area contributed by atoms with E-state index in [1.807, 2.05) is 61.6 Å². The number of nitrogens with one attached hydrogen (secondary N) is 2. The second kappa shape index (κ2) is 13.8. The second-order valence-corrected chi connectivity index (χ2v) is 14.8. The van der Waals surface area contributed by atoms with Gasteiger partial charge in [0.2, 0.25) is 11.8 Å². The van der Waals surface area contributed by atoms with Crippen LogP contribution in [0.2, 0.25) is 0 Å². The van der Waals surface area contributed by atoms with Gasteiger partial charge in [-0.1, -0.05) is 107 Å². The minimum Gasteiger partial charge on any atom is -0.351 e. The molecule has 6 rings (SSSR count). The fourth-order valence-electron chi connectivity index (χ4n) is 7.26. The van der Waals surface area contributed by atoms with Crippen LogP contribution < -0.4 is 10.6 Å². The fourth-order valence-corrected chi connectivity index (χ4v) is 7.26. The zero-order valence-corrected chi connectivity index (χ0v) is 28.3. The van der Waals surface area contributed by atoms with Gasteiger partial charge in [0, 0.05) is 31.1 Å². The first-order valence-electron chi connectivity index (χ1n) is 17.1. The van der Waals surface area contributed by atoms with E-state index < -0.39 is 11.5 Å². The minimum atomic E-state index is -0.692. The molecule has 3 saturated carbocycles. The molecule has 0 heterocycles. The van der Waals surface area contributed by atoms with Crippen molar-refractivity contribution in [2.24, 2.45) is 10.8 Å². The maximum atomic E-state index is 14.0. The standard InChI is InChI=1S/C40H51N3O3/c1-6-7-27-43(5)36(45)34(30-13-9-8-10-14-30)42-37(46)40-24-21-39(22-25-40,23-26-40)28-41-35(44)33-16-12-11-15-32(33)29-17-19-31(20-18-29)38(2,3)4/h8-20,34H,6-7,21-28H2,1-5H3,(H,41,44)(H,42,46)/t34-,39?,40?/m0/s1. The molecule has 6 heteroatoms. The molecule has 6 nitrogen and oxygen atoms in total. The minimum absolute atomic E-state index is 0.00396. The molecule has 0 aliphatic heterocycles. The summed E-state index contributed by atoms with van der Waals surface area (Å²) < 4.78 is 0. The maximum absolute atomic E-state index is 14.0. The highest BCUT2D eigenvalue weighted by Gasteiger charge is 2.52. The number of rotatable bonds is 11. The van der Waals surface area contributed by atoms with Crippen molar-refractivity contribution in [3.8, 4) is 11.1 Å². The molecule has 3 amide bonds. The van der Waals surface area contributed by atoms with Crippen LogP contribution in [0.4, 0.5) is 0 Å². The Labute approximate surface area is 275 Å². The van der Waals surface area contributed by atoms with E-state index in [0.717, 1.165) is 68.1 Å². The average Bonchev–Trinajstić information content (AvgIpc) is 3.09. The summed E-state index contributed by atoms with van der Waals surface area (Å²) in [5, 5.41) is 6.47. The number of nitrogens with zero attached hydrogens (tertiary/aromatic N) is 1. The van der Waals surface area contributed by atoms with Crippen LogP contribution in [0.1, 0.15) is 107 Å². The van der Waals surface area contributed by atoms with Crippen molar-refractivity contribution < 1.29 is 14.4 Å². The lowest BCUT2D eigenvalue weighted by Crippen LogP contribution is -2.54. The van der Waals surface area contributed by atoms with Crippen molar-refractivity contribution in [3.63, 3.8) is 0 Å². The molecule has 0 spiro atoms. The van der Waals surface area contributed by atoms with Crippen molar-refractivity contribution in [3.05, 3.63) is 95.6 Å². The van der Waals surface area contributed by atoms with E-state index in [1.54, 1.807) is 4.90 Å². The van der Waals surface area contributed by atoms with Gasteiger partial charge in [-0.05, 0) is 84.1 Å². The summed E-state index contributed by atoms with van der Waals surface area (Å²) >= 11 is 0. The summed E-state index contributed by atoms with van der Waals surface area (Å²) in [7, 11) is 1.82. The molecule has 0 unspecified atom stereocenters. The Morgan fingerprint density at radius 3 is 2.04 bits per heavy atom. The Bertz CT molecular complexity index is 1500. The van der Waals surface area contributed by atoms with Gasteiger partial charge in [-0.3, -0.25) is 14.4 Å². The van der Waals surface area contributed by atoms with Crippen molar-refractivity contribution in [1.82, 2.24) is 15.5 Å². The molecule has 0 saturated heterocycles. The predicted molar refractivity (Wildman–Crippen MR) is 185 cm³/mol. The Morgan fingerprint density at radius 2 is 1.43 bits per heavy atom. The highest BCUT2D eigenvalue weighted by Crippen LogP contribution is 2.57. The van der Waals surface area contributed by atoms with Gasteiger partial charge in [0.05, 0.1) is 0 Å². The third-order valence-electron chi connectivity index (χ3n) is 10.6. The van der Waals surface area contributed by atoms with E-state index in [-0.39, 0.29) is 28.6 Å². The molecule has 3 fully saturated rings. The van der Waals surface area contributed by atoms with Gasteiger partial charge in [-0.15, -0.1) is 0 Å². The van der Waals surface area contributed by atoms with Gasteiger partial charge < -0.3 is 15.5 Å². The Balaban J connectivity index is 1.23. The molecule has 46 heavy (non-hydrogen) atoms. The molecule has 0 aromatic heterocycles. The predicted octanol–water partition coefficient (Wildman–Crippen LogP) is 7.84. The lowest BCUT2D eigenvalue weighted by molar-refractivity contribution is -0.145. The number of hydrogen-bond donors (Lipinski definition) is 2. The van der Waals surface area contributed by atoms with E-state index in [1.165, 1.54) is 5.56 Å². The monoisotopic (exact) mass is 621 g/mol. The number of fused-ring (bicyclic) bond motifs is 3. The molecule has 2 bridgehead atoms. The summed E-state index contributed by atoms with van der Waals surface area (Å²) in [6.45, 7) is 9.99. The van der Waals surface area contributed by atoms with Crippen molar-refractivity contribution in [2.45, 2.75) is 90.5 Å². The first-order chi connectivity index (χ1) is 22.0. The number of carbonyl (C=O) groups excluding carboxylic acids is 3. The normalized spacial score (nSPS) is 21.3. The van der Waals surface area contributed by atoms with Crippen molar-refractivity contribution in [1.29, 1.82) is 0 Å². The third-order valence-corrected chi connectivity index (χ3v) is 10.6. The molecule has 244 valence electrons. The number of hydrogen-bond acceptors (Lipinski definition) is 3. The van der Waals surface area contributed by atoms with Crippen LogP contribution in [-0.2, 0) is 15.0 Å². The smallest absolute Gasteiger partial charge is 0.251 e. The van der Waals surface area contributed by atoms with Crippen molar-refractivity contribution >= 4 is 17.7 Å². The van der Waals surface area contributed by atoms with Crippen LogP contribution in [0.3, 0.4) is 0 Å². The molecular weight excluding hydrogens is 570 g/mol. The summed E-state index contributed by atoms with van der Waals surface area (Å²) in [5.41, 5.74) is 4.33. The quantitative estimate of drug-likeness (QED) is 0.229. The van der Waals surface area contributed by atoms with Gasteiger partial charge in [0.1, 0.15) is 6.04 Å². The van der Waals surface area contributed by atoms with Gasteiger partial charge in [-0.2, -0.15) is 0 Å². The zero-order chi connectivity index (χ0) is 33.0. The Hall–Kier alpha value is -3.93. The second-order valence-electron chi connectivity index (χ2n) is 14.8. The van der Waals surface area contributed by atoms with E-state index >= 15 is 0 Å². The van der Waals surface area contributed by atoms with Crippen LogP contribution in [0.5, 0.6) is 0 Å². The molecule has 3 aliphatic rings. The van der Waals surface area contributed by atoms with E-state index in [2.05, 4.69) is 62.6 Å². The van der Waals surface area contributed by atoms with Gasteiger partial charge >= 0.3 is 0 Å². The van der Waals surface area contributed by atoms with Gasteiger partial charge in [0.25, 0.3) is 5.91 Å². The number of unbranched alkanes of at least 4 members (excludes halogenated alkanes) is 1. The van der Waals surface area contributed by atoms with Gasteiger partial charge in [0.15, 0.2) is 0 Å². The van der Waals surface area contributed by atoms with Crippen LogP contribution in [0.15, 0.2) is 78.9 Å². The highest BCUT2D eigenvalue weighted by molar-refractivity contribution is 6.01. The maximum Gasteiger partial charge on any atom is 0.251 e. The largest absolute Gasteiger partial charge is 0.351 e. The average molecular weight is 622 g/mol. The zero-order valence-electron chi connectivity index (χ0n) is 28.3. The number of amides is 3. The molecule has 3 aromatic carbocycles. The van der Waals surface area contributed by atoms with E-state index in [4.69, 9.17) is 0 Å². The lowest BCUT2D eigenvalue weighted by atomic mass is 9.53. The summed E-state index contributed by atoms with van der Waals surface area (Å²) in [6, 6.07) is 25.2. The highest BCUT2D eigenvalue weighted by atomic mass is 16.2. The first-order valence-corrected chi connectivity index (χ1v) is 17.1.